The van der Waals surface area contributed by atoms with E-state index in [4.69, 9.17) is 4.74 Å². The van der Waals surface area contributed by atoms with Crippen LogP contribution < -0.4 is 5.32 Å². The van der Waals surface area contributed by atoms with E-state index in [0.717, 1.165) is 25.7 Å². The van der Waals surface area contributed by atoms with Crippen molar-refractivity contribution in [2.45, 2.75) is 161 Å². The summed E-state index contributed by atoms with van der Waals surface area (Å²) in [6.45, 7) is 11.1. The van der Waals surface area contributed by atoms with Crippen molar-refractivity contribution in [1.29, 1.82) is 0 Å². The standard InChI is InChI=1S/C26H51NO2/c1-6-7-8-9-10-11-12-13-14-15-16-17-18-19-20-24(28)29-23-21-25(2,3)27-26(4,5)22-23/h23,27H,6-22H2,1-5H3. The summed E-state index contributed by atoms with van der Waals surface area (Å²) in [6, 6.07) is 0. The molecule has 172 valence electrons. The normalized spacial score (nSPS) is 18.7. The maximum Gasteiger partial charge on any atom is 0.306 e. The Labute approximate surface area is 182 Å². The molecular weight excluding hydrogens is 358 g/mol. The van der Waals surface area contributed by atoms with Gasteiger partial charge in [-0.15, -0.1) is 0 Å². The average Bonchev–Trinajstić information content (AvgIpc) is 2.59. The number of hydrogen-bond donors (Lipinski definition) is 1. The van der Waals surface area contributed by atoms with Gasteiger partial charge in [-0.05, 0) is 34.1 Å². The summed E-state index contributed by atoms with van der Waals surface area (Å²) >= 11 is 0. The molecule has 0 amide bonds. The molecule has 29 heavy (non-hydrogen) atoms. The minimum atomic E-state index is 0.00226. The van der Waals surface area contributed by atoms with E-state index in [1.54, 1.807) is 0 Å². The van der Waals surface area contributed by atoms with Crippen molar-refractivity contribution in [3.63, 3.8) is 0 Å². The third-order valence-electron chi connectivity index (χ3n) is 6.19. The fourth-order valence-electron chi connectivity index (χ4n) is 5.02. The molecule has 3 heteroatoms. The Balaban J connectivity index is 1.93. The third-order valence-corrected chi connectivity index (χ3v) is 6.19. The molecule has 3 nitrogen and oxygen atoms in total. The summed E-state index contributed by atoms with van der Waals surface area (Å²) in [5.41, 5.74) is 0.0590. The summed E-state index contributed by atoms with van der Waals surface area (Å²) in [5.74, 6) is 0.00226. The molecule has 0 aromatic carbocycles. The number of ether oxygens (including phenoxy) is 1. The van der Waals surface area contributed by atoms with Crippen LogP contribution in [0.15, 0.2) is 0 Å². The fraction of sp³-hybridized carbons (Fsp3) is 0.962. The van der Waals surface area contributed by atoms with Crippen molar-refractivity contribution in [2.75, 3.05) is 0 Å². The molecule has 0 aromatic rings. The van der Waals surface area contributed by atoms with Crippen LogP contribution in [0.25, 0.3) is 0 Å². The van der Waals surface area contributed by atoms with Gasteiger partial charge in [-0.25, -0.2) is 0 Å². The molecule has 1 fully saturated rings. The Morgan fingerprint density at radius 2 is 1.10 bits per heavy atom. The summed E-state index contributed by atoms with van der Waals surface area (Å²) < 4.78 is 5.80. The highest BCUT2D eigenvalue weighted by atomic mass is 16.5. The van der Waals surface area contributed by atoms with E-state index in [1.165, 1.54) is 77.0 Å². The van der Waals surface area contributed by atoms with Gasteiger partial charge in [0.2, 0.25) is 0 Å². The topological polar surface area (TPSA) is 38.3 Å². The monoisotopic (exact) mass is 409 g/mol. The predicted molar refractivity (Wildman–Crippen MR) is 125 cm³/mol. The Hall–Kier alpha value is -0.570. The van der Waals surface area contributed by atoms with Crippen LogP contribution in [0, 0.1) is 0 Å². The summed E-state index contributed by atoms with van der Waals surface area (Å²) in [6.07, 6.45) is 21.2. The lowest BCUT2D eigenvalue weighted by atomic mass is 9.81. The lowest BCUT2D eigenvalue weighted by molar-refractivity contribution is -0.153. The first-order valence-electron chi connectivity index (χ1n) is 12.7. The molecule has 0 unspecified atom stereocenters. The highest BCUT2D eigenvalue weighted by Gasteiger charge is 2.39. The number of carbonyl (C=O) groups is 1. The predicted octanol–water partition coefficient (Wildman–Crippen LogP) is 7.71. The molecule has 0 atom stereocenters. The molecule has 0 spiro atoms. The summed E-state index contributed by atoms with van der Waals surface area (Å²) in [7, 11) is 0. The number of esters is 1. The molecule has 0 bridgehead atoms. The van der Waals surface area contributed by atoms with E-state index < -0.39 is 0 Å². The first kappa shape index (κ1) is 26.5. The maximum absolute atomic E-state index is 12.2. The van der Waals surface area contributed by atoms with E-state index in [2.05, 4.69) is 39.9 Å². The van der Waals surface area contributed by atoms with Gasteiger partial charge in [0.1, 0.15) is 6.10 Å². The molecule has 0 aliphatic carbocycles. The lowest BCUT2D eigenvalue weighted by Crippen LogP contribution is -2.59. The number of hydrogen-bond acceptors (Lipinski definition) is 3. The van der Waals surface area contributed by atoms with Crippen molar-refractivity contribution in [1.82, 2.24) is 5.32 Å². The van der Waals surface area contributed by atoms with Crippen molar-refractivity contribution in [3.8, 4) is 0 Å². The van der Waals surface area contributed by atoms with E-state index in [1.807, 2.05) is 0 Å². The minimum absolute atomic E-state index is 0.00226. The van der Waals surface area contributed by atoms with Crippen LogP contribution in [0.3, 0.4) is 0 Å². The van der Waals surface area contributed by atoms with Crippen LogP contribution in [0.1, 0.15) is 144 Å². The van der Waals surface area contributed by atoms with Crippen LogP contribution in [0.4, 0.5) is 0 Å². The van der Waals surface area contributed by atoms with Crippen LogP contribution >= 0.6 is 0 Å². The maximum atomic E-state index is 12.2. The Morgan fingerprint density at radius 1 is 0.724 bits per heavy atom. The quantitative estimate of drug-likeness (QED) is 0.209. The number of piperidine rings is 1. The van der Waals surface area contributed by atoms with Gasteiger partial charge in [0.15, 0.2) is 0 Å². The number of unbranched alkanes of at least 4 members (excludes halogenated alkanes) is 13. The van der Waals surface area contributed by atoms with Crippen LogP contribution in [-0.4, -0.2) is 23.2 Å². The second kappa shape index (κ2) is 14.4. The molecule has 1 saturated heterocycles. The van der Waals surface area contributed by atoms with Gasteiger partial charge < -0.3 is 10.1 Å². The zero-order valence-electron chi connectivity index (χ0n) is 20.4. The first-order chi connectivity index (χ1) is 13.7. The van der Waals surface area contributed by atoms with Crippen molar-refractivity contribution in [3.05, 3.63) is 0 Å². The van der Waals surface area contributed by atoms with Gasteiger partial charge in [0.05, 0.1) is 0 Å². The SMILES string of the molecule is CCCCCCCCCCCCCCCCC(=O)OC1CC(C)(C)NC(C)(C)C1. The number of carbonyl (C=O) groups excluding carboxylic acids is 1. The zero-order valence-corrected chi connectivity index (χ0v) is 20.4. The van der Waals surface area contributed by atoms with Gasteiger partial charge in [-0.2, -0.15) is 0 Å². The molecular formula is C26H51NO2. The average molecular weight is 410 g/mol. The van der Waals surface area contributed by atoms with Gasteiger partial charge in [-0.3, -0.25) is 4.79 Å². The second-order valence-corrected chi connectivity index (χ2v) is 10.8. The molecule has 1 aliphatic heterocycles. The van der Waals surface area contributed by atoms with E-state index in [0.29, 0.717) is 6.42 Å². The van der Waals surface area contributed by atoms with Crippen LogP contribution in [-0.2, 0) is 9.53 Å². The van der Waals surface area contributed by atoms with Crippen molar-refractivity contribution >= 4 is 5.97 Å². The molecule has 1 aliphatic rings. The van der Waals surface area contributed by atoms with Crippen molar-refractivity contribution < 1.29 is 9.53 Å². The second-order valence-electron chi connectivity index (χ2n) is 10.8. The Bertz CT molecular complexity index is 414. The molecule has 1 rings (SSSR count). The Kier molecular flexibility index (Phi) is 13.2. The fourth-order valence-corrected chi connectivity index (χ4v) is 5.02. The molecule has 1 N–H and O–H groups in total. The molecule has 0 aromatic heterocycles. The smallest absolute Gasteiger partial charge is 0.306 e. The van der Waals surface area contributed by atoms with Gasteiger partial charge >= 0.3 is 5.97 Å². The van der Waals surface area contributed by atoms with E-state index in [9.17, 15) is 4.79 Å². The van der Waals surface area contributed by atoms with Gasteiger partial charge in [-0.1, -0.05) is 90.4 Å². The van der Waals surface area contributed by atoms with Crippen molar-refractivity contribution in [2.24, 2.45) is 0 Å². The third kappa shape index (κ3) is 14.1. The summed E-state index contributed by atoms with van der Waals surface area (Å²) in [4.78, 5) is 12.2. The largest absolute Gasteiger partial charge is 0.462 e. The first-order valence-corrected chi connectivity index (χ1v) is 12.7. The minimum Gasteiger partial charge on any atom is -0.462 e. The van der Waals surface area contributed by atoms with E-state index >= 15 is 0 Å². The van der Waals surface area contributed by atoms with Gasteiger partial charge in [0.25, 0.3) is 0 Å². The molecule has 0 saturated carbocycles. The van der Waals surface area contributed by atoms with Gasteiger partial charge in [0, 0.05) is 30.3 Å². The lowest BCUT2D eigenvalue weighted by Gasteiger charge is -2.45. The molecule has 0 radical (unpaired) electrons. The van der Waals surface area contributed by atoms with E-state index in [-0.39, 0.29) is 23.2 Å². The summed E-state index contributed by atoms with van der Waals surface area (Å²) in [5, 5.41) is 3.64. The highest BCUT2D eigenvalue weighted by Crippen LogP contribution is 2.30. The van der Waals surface area contributed by atoms with Crippen LogP contribution in [0.5, 0.6) is 0 Å². The zero-order chi connectivity index (χ0) is 21.6. The number of rotatable bonds is 16. The molecule has 1 heterocycles. The highest BCUT2D eigenvalue weighted by molar-refractivity contribution is 5.69. The Morgan fingerprint density at radius 3 is 1.52 bits per heavy atom. The number of nitrogens with one attached hydrogen (secondary N) is 1. The van der Waals surface area contributed by atoms with Crippen LogP contribution in [0.2, 0.25) is 0 Å².